The lowest BCUT2D eigenvalue weighted by molar-refractivity contribution is -0.121. The molecule has 0 aromatic carbocycles. The number of hydrogen-bond acceptors (Lipinski definition) is 5. The van der Waals surface area contributed by atoms with E-state index in [9.17, 15) is 14.4 Å². The fraction of sp³-hybridized carbons (Fsp3) is 0.872. The van der Waals surface area contributed by atoms with E-state index in [1.165, 1.54) is 56.9 Å². The molecule has 0 saturated heterocycles. The molecular formula is C39H68N4O4. The van der Waals surface area contributed by atoms with E-state index in [1.807, 2.05) is 0 Å². The van der Waals surface area contributed by atoms with E-state index < -0.39 is 0 Å². The molecule has 4 aliphatic carbocycles. The van der Waals surface area contributed by atoms with Crippen molar-refractivity contribution in [3.05, 3.63) is 11.6 Å². The zero-order valence-corrected chi connectivity index (χ0v) is 30.6. The molecule has 8 heteroatoms. The highest BCUT2D eigenvalue weighted by molar-refractivity contribution is 5.79. The molecule has 0 bridgehead atoms. The maximum absolute atomic E-state index is 12.6. The molecule has 4 rings (SSSR count). The Morgan fingerprint density at radius 3 is 2.40 bits per heavy atom. The molecule has 3 fully saturated rings. The molecule has 0 spiro atoms. The lowest BCUT2D eigenvalue weighted by Gasteiger charge is -2.58. The maximum atomic E-state index is 12.6. The van der Waals surface area contributed by atoms with Crippen molar-refractivity contribution in [2.24, 2.45) is 52.1 Å². The number of unbranched alkanes of at least 4 members (excludes halogenated alkanes) is 1. The van der Waals surface area contributed by atoms with Crippen LogP contribution in [0.3, 0.4) is 0 Å². The molecule has 0 aromatic rings. The minimum absolute atomic E-state index is 0.0263. The normalized spacial score (nSPS) is 32.7. The average molecular weight is 657 g/mol. The summed E-state index contributed by atoms with van der Waals surface area (Å²) in [6, 6.07) is -0.326. The van der Waals surface area contributed by atoms with Gasteiger partial charge >= 0.3 is 6.09 Å². The molecule has 0 radical (unpaired) electrons. The van der Waals surface area contributed by atoms with Crippen molar-refractivity contribution in [3.63, 3.8) is 0 Å². The highest BCUT2D eigenvalue weighted by Gasteiger charge is 2.59. The van der Waals surface area contributed by atoms with E-state index in [1.54, 1.807) is 7.05 Å². The summed E-state index contributed by atoms with van der Waals surface area (Å²) in [6.45, 7) is 13.4. The average Bonchev–Trinajstić information content (AvgIpc) is 3.38. The van der Waals surface area contributed by atoms with Crippen molar-refractivity contribution in [1.29, 1.82) is 0 Å². The fourth-order valence-electron chi connectivity index (χ4n) is 10.6. The van der Waals surface area contributed by atoms with E-state index in [0.29, 0.717) is 37.8 Å². The predicted octanol–water partition coefficient (Wildman–Crippen LogP) is 7.26. The molecule has 4 aliphatic rings. The molecule has 8 nitrogen and oxygen atoms in total. The van der Waals surface area contributed by atoms with Gasteiger partial charge in [0.05, 0.1) is 6.04 Å². The molecule has 268 valence electrons. The van der Waals surface area contributed by atoms with E-state index in [4.69, 9.17) is 10.5 Å². The lowest BCUT2D eigenvalue weighted by atomic mass is 9.47. The number of primary amides is 1. The van der Waals surface area contributed by atoms with Crippen LogP contribution in [0.25, 0.3) is 0 Å². The van der Waals surface area contributed by atoms with Gasteiger partial charge in [-0.3, -0.25) is 9.59 Å². The van der Waals surface area contributed by atoms with Crippen LogP contribution in [-0.4, -0.2) is 50.2 Å². The molecule has 5 N–H and O–H groups in total. The fourth-order valence-corrected chi connectivity index (χ4v) is 10.6. The number of amides is 3. The zero-order valence-electron chi connectivity index (χ0n) is 30.6. The van der Waals surface area contributed by atoms with E-state index in [2.05, 4.69) is 56.6 Å². The molecule has 0 aliphatic heterocycles. The van der Waals surface area contributed by atoms with Crippen LogP contribution in [0, 0.1) is 46.3 Å². The van der Waals surface area contributed by atoms with Crippen molar-refractivity contribution in [3.8, 4) is 0 Å². The molecular weight excluding hydrogens is 588 g/mol. The van der Waals surface area contributed by atoms with Crippen LogP contribution in [0.15, 0.2) is 11.6 Å². The second-order valence-electron chi connectivity index (χ2n) is 16.7. The third-order valence-electron chi connectivity index (χ3n) is 13.3. The SMILES string of the molecule is CN[C@H](CCCCNC(=O)CCCNC(=O)O[C@H]1CC[C@@]2(C)C(=CC[C@H]3C4CCC(C(C)CCCC(C)C)[C@@]4(C)CCC32)C1)C(N)=O. The molecule has 9 atom stereocenters. The number of carbonyl (C=O) groups is 3. The van der Waals surface area contributed by atoms with Gasteiger partial charge in [-0.25, -0.2) is 4.79 Å². The third kappa shape index (κ3) is 9.33. The molecule has 3 amide bonds. The summed E-state index contributed by atoms with van der Waals surface area (Å²) in [7, 11) is 1.72. The van der Waals surface area contributed by atoms with Crippen molar-refractivity contribution in [2.45, 2.75) is 149 Å². The number of carbonyl (C=O) groups excluding carboxylic acids is 3. The Morgan fingerprint density at radius 2 is 1.68 bits per heavy atom. The summed E-state index contributed by atoms with van der Waals surface area (Å²) in [5.74, 6) is 4.58. The quantitative estimate of drug-likeness (QED) is 0.0970. The molecule has 0 aromatic heterocycles. The number of fused-ring (bicyclic) bond motifs is 5. The van der Waals surface area contributed by atoms with Crippen LogP contribution in [0.4, 0.5) is 4.79 Å². The first-order valence-corrected chi connectivity index (χ1v) is 19.3. The molecule has 3 saturated carbocycles. The van der Waals surface area contributed by atoms with E-state index in [-0.39, 0.29) is 35.5 Å². The largest absolute Gasteiger partial charge is 0.446 e. The van der Waals surface area contributed by atoms with Gasteiger partial charge in [0.1, 0.15) is 6.10 Å². The monoisotopic (exact) mass is 657 g/mol. The van der Waals surface area contributed by atoms with Gasteiger partial charge in [-0.2, -0.15) is 0 Å². The number of nitrogens with two attached hydrogens (primary N) is 1. The second kappa shape index (κ2) is 17.0. The number of nitrogens with one attached hydrogen (secondary N) is 3. The van der Waals surface area contributed by atoms with Crippen molar-refractivity contribution >= 4 is 17.9 Å². The summed E-state index contributed by atoms with van der Waals surface area (Å²) in [5, 5.41) is 8.68. The molecule has 4 unspecified atom stereocenters. The Hall–Kier alpha value is -2.09. The van der Waals surface area contributed by atoms with Crippen LogP contribution in [0.2, 0.25) is 0 Å². The van der Waals surface area contributed by atoms with Crippen LogP contribution in [0.5, 0.6) is 0 Å². The number of hydrogen-bond donors (Lipinski definition) is 4. The standard InChI is InChI=1S/C39H68N4O4/c1-26(2)11-9-12-27(3)31-17-18-32-30-16-15-28-25-29(19-21-38(28,4)33(30)20-22-39(31,32)5)47-37(46)43-24-10-14-35(44)42-23-8-7-13-34(41-6)36(40)45/h15,26-27,29-34,41H,7-14,16-25H2,1-6H3,(H2,40,45)(H,42,44)(H,43,46)/t27?,29-,30-,31?,32?,33?,34+,38-,39+/m0/s1. The van der Waals surface area contributed by atoms with Gasteiger partial charge in [-0.1, -0.05) is 65.5 Å². The predicted molar refractivity (Wildman–Crippen MR) is 189 cm³/mol. The van der Waals surface area contributed by atoms with Crippen LogP contribution in [-0.2, 0) is 14.3 Å². The summed E-state index contributed by atoms with van der Waals surface area (Å²) < 4.78 is 5.91. The summed E-state index contributed by atoms with van der Waals surface area (Å²) in [4.78, 5) is 36.1. The van der Waals surface area contributed by atoms with Gasteiger partial charge in [0.25, 0.3) is 0 Å². The number of alkyl carbamates (subject to hydrolysis) is 1. The number of rotatable bonds is 17. The highest BCUT2D eigenvalue weighted by atomic mass is 16.6. The smallest absolute Gasteiger partial charge is 0.407 e. The number of likely N-dealkylation sites (N-methyl/N-ethyl adjacent to an activating group) is 1. The highest BCUT2D eigenvalue weighted by Crippen LogP contribution is 2.67. The zero-order chi connectivity index (χ0) is 34.2. The lowest BCUT2D eigenvalue weighted by Crippen LogP contribution is -2.51. The van der Waals surface area contributed by atoms with E-state index >= 15 is 0 Å². The van der Waals surface area contributed by atoms with Gasteiger partial charge in [-0.15, -0.1) is 0 Å². The summed E-state index contributed by atoms with van der Waals surface area (Å²) in [6.07, 6.45) is 19.1. The Balaban J connectivity index is 1.17. The van der Waals surface area contributed by atoms with Crippen LogP contribution < -0.4 is 21.7 Å². The van der Waals surface area contributed by atoms with Gasteiger partial charge in [0, 0.05) is 25.9 Å². The van der Waals surface area contributed by atoms with Crippen molar-refractivity contribution < 1.29 is 19.1 Å². The first-order chi connectivity index (χ1) is 22.4. The van der Waals surface area contributed by atoms with Crippen molar-refractivity contribution in [1.82, 2.24) is 16.0 Å². The van der Waals surface area contributed by atoms with Gasteiger partial charge < -0.3 is 26.4 Å². The van der Waals surface area contributed by atoms with Gasteiger partial charge in [-0.05, 0) is 124 Å². The first-order valence-electron chi connectivity index (χ1n) is 19.3. The Labute approximate surface area is 285 Å². The molecule has 0 heterocycles. The van der Waals surface area contributed by atoms with Gasteiger partial charge in [0.15, 0.2) is 0 Å². The topological polar surface area (TPSA) is 123 Å². The Morgan fingerprint density at radius 1 is 0.915 bits per heavy atom. The second-order valence-corrected chi connectivity index (χ2v) is 16.7. The minimum atomic E-state index is -0.366. The van der Waals surface area contributed by atoms with Crippen molar-refractivity contribution in [2.75, 3.05) is 20.1 Å². The maximum Gasteiger partial charge on any atom is 0.407 e. The Bertz CT molecular complexity index is 1090. The van der Waals surface area contributed by atoms with E-state index in [0.717, 1.165) is 67.6 Å². The Kier molecular flexibility index (Phi) is 13.7. The van der Waals surface area contributed by atoms with Crippen LogP contribution >= 0.6 is 0 Å². The summed E-state index contributed by atoms with van der Waals surface area (Å²) in [5.41, 5.74) is 7.62. The number of allylic oxidation sites excluding steroid dienone is 1. The molecule has 47 heavy (non-hydrogen) atoms. The number of ether oxygens (including phenoxy) is 1. The minimum Gasteiger partial charge on any atom is -0.446 e. The van der Waals surface area contributed by atoms with Gasteiger partial charge in [0.2, 0.25) is 11.8 Å². The third-order valence-corrected chi connectivity index (χ3v) is 13.3. The summed E-state index contributed by atoms with van der Waals surface area (Å²) >= 11 is 0. The van der Waals surface area contributed by atoms with Crippen LogP contribution in [0.1, 0.15) is 137 Å². The first kappa shape index (κ1) is 37.7.